The van der Waals surface area contributed by atoms with E-state index >= 15 is 0 Å². The van der Waals surface area contributed by atoms with Crippen LogP contribution in [-0.4, -0.2) is 135 Å². The summed E-state index contributed by atoms with van der Waals surface area (Å²) in [6.07, 6.45) is 2.56. The van der Waals surface area contributed by atoms with Crippen molar-refractivity contribution in [3.8, 4) is 11.3 Å². The number of imidazole rings is 1. The number of nitrogens with zero attached hydrogens (tertiary/aromatic N) is 5. The Morgan fingerprint density at radius 3 is 2.45 bits per heavy atom. The predicted octanol–water partition coefficient (Wildman–Crippen LogP) is 4.21. The number of ketones is 2. The van der Waals surface area contributed by atoms with Crippen LogP contribution in [0.4, 0.5) is 4.79 Å². The van der Waals surface area contributed by atoms with E-state index in [0.717, 1.165) is 11.3 Å². The van der Waals surface area contributed by atoms with E-state index in [9.17, 15) is 24.3 Å². The average Bonchev–Trinajstić information content (AvgIpc) is 3.83. The van der Waals surface area contributed by atoms with Gasteiger partial charge in [0.1, 0.15) is 30.0 Å². The summed E-state index contributed by atoms with van der Waals surface area (Å²) in [5.41, 5.74) is 3.64. The van der Waals surface area contributed by atoms with Crippen LogP contribution in [0.25, 0.3) is 11.3 Å². The molecular weight excluding hydrogens is 748 g/mol. The molecule has 0 radical (unpaired) electrons. The number of cyclic esters (lactones) is 1. The van der Waals surface area contributed by atoms with Gasteiger partial charge in [-0.05, 0) is 79.6 Å². The van der Waals surface area contributed by atoms with Crippen molar-refractivity contribution in [2.75, 3.05) is 27.7 Å². The number of fused-ring (bicyclic) bond motifs is 1. The number of pyridine rings is 1. The van der Waals surface area contributed by atoms with Gasteiger partial charge in [0.05, 0.1) is 29.8 Å². The van der Waals surface area contributed by atoms with Crippen LogP contribution in [0.15, 0.2) is 37.1 Å². The molecule has 2 aromatic rings. The standard InChI is InChI=1S/C42H64N6O10/c1-12-32-37-33(48(41(53)57-37)45-17-15-24(3)47-21-30(44-22-47)29-14-13-16-43-20-29)26(5)34(49)23(2)19-42(8,54-11)38(27(6)35(50)28(7)39(52)56-32)58-40-36(51)31(46(9)10)18-25(4)55-40/h13-14,16,20-28,31-33,36-38,40,45,51H,12,15,17-19H2,1-11H3/t23-,24?,25-,26-,27+,28-,31+,32-,33-,36-,37?,38-,40?,42-/m1/s1. The SMILES string of the molecule is CC[C@H]1OC(=O)[C@H](C)C(=O)[C@H](C)[C@@H](OC2O[C@H](C)C[C@H](N(C)C)[C@H]2O)[C@](C)(OC)C[C@@H](C)C(=O)[C@H](C)[C@@H]2C1OC(=O)N2NCCC(C)n1cnc(-c2cccnc2)c1. The molecule has 3 saturated heterocycles. The number of ether oxygens (including phenoxy) is 5. The summed E-state index contributed by atoms with van der Waals surface area (Å²) in [5.74, 6) is -5.07. The van der Waals surface area contributed by atoms with Gasteiger partial charge >= 0.3 is 12.1 Å². The third-order valence-corrected chi connectivity index (χ3v) is 12.5. The fourth-order valence-corrected chi connectivity index (χ4v) is 8.79. The number of likely N-dealkylation sites (N-methyl/N-ethyl adjacent to an activating group) is 1. The summed E-state index contributed by atoms with van der Waals surface area (Å²) in [4.78, 5) is 67.0. The molecule has 2 aromatic heterocycles. The number of hydrogen-bond donors (Lipinski definition) is 2. The molecule has 0 spiro atoms. The van der Waals surface area contributed by atoms with Gasteiger partial charge in [0.2, 0.25) is 0 Å². The van der Waals surface area contributed by atoms with Crippen LogP contribution in [0.3, 0.4) is 0 Å². The summed E-state index contributed by atoms with van der Waals surface area (Å²) in [5, 5.41) is 12.8. The lowest BCUT2D eigenvalue weighted by Gasteiger charge is -2.46. The Morgan fingerprint density at radius 1 is 1.09 bits per heavy atom. The smallest absolute Gasteiger partial charge is 0.425 e. The van der Waals surface area contributed by atoms with Gasteiger partial charge in [0, 0.05) is 67.6 Å². The zero-order valence-corrected chi connectivity index (χ0v) is 35.9. The molecule has 16 heteroatoms. The zero-order chi connectivity index (χ0) is 42.6. The quantitative estimate of drug-likeness (QED) is 0.243. The summed E-state index contributed by atoms with van der Waals surface area (Å²) >= 11 is 0. The summed E-state index contributed by atoms with van der Waals surface area (Å²) in [7, 11) is 5.22. The third kappa shape index (κ3) is 9.63. The second-order valence-corrected chi connectivity index (χ2v) is 16.9. The topological polar surface area (TPSA) is 184 Å². The van der Waals surface area contributed by atoms with E-state index < -0.39 is 83.9 Å². The van der Waals surface area contributed by atoms with E-state index in [-0.39, 0.29) is 36.8 Å². The van der Waals surface area contributed by atoms with Crippen LogP contribution < -0.4 is 5.43 Å². The van der Waals surface area contributed by atoms with Gasteiger partial charge in [0.15, 0.2) is 18.2 Å². The first-order chi connectivity index (χ1) is 27.4. The maximum absolute atomic E-state index is 14.6. The maximum atomic E-state index is 14.6. The minimum Gasteiger partial charge on any atom is -0.458 e. The van der Waals surface area contributed by atoms with Crippen molar-refractivity contribution < 1.29 is 48.0 Å². The Morgan fingerprint density at radius 2 is 1.81 bits per heavy atom. The number of hydrogen-bond acceptors (Lipinski definition) is 14. The van der Waals surface area contributed by atoms with Gasteiger partial charge in [-0.2, -0.15) is 0 Å². The molecule has 14 atom stereocenters. The summed E-state index contributed by atoms with van der Waals surface area (Å²) < 4.78 is 32.8. The number of rotatable bonds is 11. The van der Waals surface area contributed by atoms with Crippen LogP contribution in [0.1, 0.15) is 87.1 Å². The molecule has 322 valence electrons. The van der Waals surface area contributed by atoms with Gasteiger partial charge in [-0.3, -0.25) is 19.4 Å². The largest absolute Gasteiger partial charge is 0.458 e. The number of nitrogens with one attached hydrogen (secondary N) is 1. The monoisotopic (exact) mass is 812 g/mol. The lowest BCUT2D eigenvalue weighted by Crippen LogP contribution is -2.59. The summed E-state index contributed by atoms with van der Waals surface area (Å²) in [6.45, 7) is 14.5. The van der Waals surface area contributed by atoms with Crippen molar-refractivity contribution in [3.05, 3.63) is 37.1 Å². The molecule has 3 unspecified atom stereocenters. The lowest BCUT2D eigenvalue weighted by molar-refractivity contribution is -0.295. The number of carbonyl (C=O) groups excluding carboxylic acids is 4. The molecule has 0 saturated carbocycles. The van der Waals surface area contributed by atoms with Gasteiger partial charge in [-0.1, -0.05) is 27.7 Å². The van der Waals surface area contributed by atoms with Crippen molar-refractivity contribution in [1.29, 1.82) is 0 Å². The average molecular weight is 813 g/mol. The zero-order valence-electron chi connectivity index (χ0n) is 35.9. The van der Waals surface area contributed by atoms with Crippen LogP contribution in [-0.2, 0) is 38.1 Å². The molecule has 2 N–H and O–H groups in total. The van der Waals surface area contributed by atoms with Gasteiger partial charge in [0.25, 0.3) is 0 Å². The fraction of sp³-hybridized carbons (Fsp3) is 0.714. The van der Waals surface area contributed by atoms with Gasteiger partial charge in [-0.15, -0.1) is 0 Å². The highest BCUT2D eigenvalue weighted by Crippen LogP contribution is 2.39. The van der Waals surface area contributed by atoms with Crippen LogP contribution in [0.2, 0.25) is 0 Å². The van der Waals surface area contributed by atoms with E-state index in [0.29, 0.717) is 19.4 Å². The predicted molar refractivity (Wildman–Crippen MR) is 213 cm³/mol. The number of amides is 1. The second-order valence-electron chi connectivity index (χ2n) is 16.9. The maximum Gasteiger partial charge on any atom is 0.425 e. The molecule has 0 aliphatic carbocycles. The second kappa shape index (κ2) is 19.1. The first-order valence-corrected chi connectivity index (χ1v) is 20.6. The van der Waals surface area contributed by atoms with Crippen molar-refractivity contribution in [1.82, 2.24) is 29.9 Å². The van der Waals surface area contributed by atoms with E-state index in [1.165, 1.54) is 19.0 Å². The first kappa shape index (κ1) is 45.3. The molecule has 5 rings (SSSR count). The van der Waals surface area contributed by atoms with Crippen LogP contribution in [0, 0.1) is 23.7 Å². The minimum absolute atomic E-state index is 0.00679. The number of Topliss-reactive ketones (excluding diaryl/α,β-unsaturated/α-hetero) is 2. The molecule has 58 heavy (non-hydrogen) atoms. The first-order valence-electron chi connectivity index (χ1n) is 20.6. The van der Waals surface area contributed by atoms with Crippen LogP contribution >= 0.6 is 0 Å². The normalized spacial score (nSPS) is 36.0. The molecule has 0 aromatic carbocycles. The molecule has 16 nitrogen and oxygen atoms in total. The Hall–Kier alpha value is -3.80. The lowest BCUT2D eigenvalue weighted by atomic mass is 9.75. The number of aromatic nitrogens is 3. The third-order valence-electron chi connectivity index (χ3n) is 12.5. The fourth-order valence-electron chi connectivity index (χ4n) is 8.79. The number of hydrazine groups is 1. The van der Waals surface area contributed by atoms with Crippen molar-refractivity contribution >= 4 is 23.6 Å². The molecule has 3 aliphatic rings. The molecule has 0 bridgehead atoms. The van der Waals surface area contributed by atoms with E-state index in [4.69, 9.17) is 23.7 Å². The molecule has 5 heterocycles. The Kier molecular flexibility index (Phi) is 14.9. The number of aliphatic hydroxyl groups excluding tert-OH is 1. The van der Waals surface area contributed by atoms with E-state index in [1.807, 2.05) is 55.7 Å². The molecular formula is C42H64N6O10. The van der Waals surface area contributed by atoms with Gasteiger partial charge < -0.3 is 38.3 Å². The van der Waals surface area contributed by atoms with Crippen LogP contribution in [0.5, 0.6) is 0 Å². The Labute approximate surface area is 342 Å². The van der Waals surface area contributed by atoms with Gasteiger partial charge in [-0.25, -0.2) is 20.2 Å². The number of esters is 1. The highest BCUT2D eigenvalue weighted by atomic mass is 16.7. The molecule has 3 aliphatic heterocycles. The molecule has 1 amide bonds. The highest BCUT2D eigenvalue weighted by molar-refractivity contribution is 6.00. The number of aliphatic hydroxyl groups is 1. The number of carbonyl (C=O) groups is 4. The highest BCUT2D eigenvalue weighted by Gasteiger charge is 2.54. The van der Waals surface area contributed by atoms with Crippen molar-refractivity contribution in [2.45, 2.75) is 142 Å². The Balaban J connectivity index is 1.42. The summed E-state index contributed by atoms with van der Waals surface area (Å²) in [6, 6.07) is 2.65. The number of methoxy groups -OCH3 is 1. The van der Waals surface area contributed by atoms with Crippen molar-refractivity contribution in [2.24, 2.45) is 23.7 Å². The minimum atomic E-state index is -1.28. The Bertz CT molecular complexity index is 1730. The van der Waals surface area contributed by atoms with E-state index in [1.54, 1.807) is 53.3 Å². The molecule has 3 fully saturated rings. The van der Waals surface area contributed by atoms with Crippen molar-refractivity contribution in [3.63, 3.8) is 0 Å². The van der Waals surface area contributed by atoms with E-state index in [2.05, 4.69) is 15.4 Å².